The molecule has 0 saturated heterocycles. The third kappa shape index (κ3) is 7.23. The van der Waals surface area contributed by atoms with Gasteiger partial charge >= 0.3 is 11.9 Å². The molecule has 1 aliphatic heterocycles. The largest absolute Gasteiger partial charge is 0.490 e. The van der Waals surface area contributed by atoms with Crippen molar-refractivity contribution in [2.24, 2.45) is 0 Å². The highest BCUT2D eigenvalue weighted by atomic mass is 16.6. The molecule has 1 aliphatic carbocycles. The van der Waals surface area contributed by atoms with Gasteiger partial charge in [0.25, 0.3) is 0 Å². The van der Waals surface area contributed by atoms with Gasteiger partial charge in [0.15, 0.2) is 5.43 Å². The average molecular weight is 729 g/mol. The summed E-state index contributed by atoms with van der Waals surface area (Å²) < 4.78 is 29.2. The molecule has 0 amide bonds. The summed E-state index contributed by atoms with van der Waals surface area (Å²) in [5, 5.41) is 4.08. The Labute approximate surface area is 314 Å². The molecule has 6 aromatic carbocycles. The number of carbonyl (C=O) groups excluding carboxylic acids is 3. The summed E-state index contributed by atoms with van der Waals surface area (Å²) in [4.78, 5) is 50.5. The molecular formula is C46H32O9. The first-order chi connectivity index (χ1) is 27.0. The Morgan fingerprint density at radius 1 is 0.564 bits per heavy atom. The molecule has 0 unspecified atom stereocenters. The van der Waals surface area contributed by atoms with Crippen LogP contribution >= 0.6 is 0 Å². The summed E-state index contributed by atoms with van der Waals surface area (Å²) in [7, 11) is 0. The molecule has 9 heteroatoms. The quantitative estimate of drug-likeness (QED) is 0.0525. The zero-order chi connectivity index (χ0) is 37.7. The van der Waals surface area contributed by atoms with E-state index in [1.54, 1.807) is 54.6 Å². The van der Waals surface area contributed by atoms with E-state index in [4.69, 9.17) is 23.4 Å². The van der Waals surface area contributed by atoms with E-state index in [1.807, 2.05) is 72.8 Å². The molecular weight excluding hydrogens is 696 g/mol. The molecule has 0 fully saturated rings. The molecule has 270 valence electrons. The standard InChI is InChI=1S/C46H32O9/c47-28-29-13-16-33(17-14-29)51-21-22-52-34-18-20-40-42(27-34)55-41-26-32(48)15-19-39(41)43(40)37-11-5-6-12-38(37)45(49)53-23-24-54-46(50)44-35-9-3-1-7-30(35)25-31-8-2-4-10-36(31)44/h1-20,25-28H,21-24H2. The van der Waals surface area contributed by atoms with Crippen molar-refractivity contribution in [2.75, 3.05) is 26.4 Å². The molecule has 0 saturated carbocycles. The zero-order valence-electron chi connectivity index (χ0n) is 29.4. The van der Waals surface area contributed by atoms with Gasteiger partial charge in [0.2, 0.25) is 0 Å². The van der Waals surface area contributed by atoms with Crippen molar-refractivity contribution in [3.05, 3.63) is 166 Å². The minimum absolute atomic E-state index is 0.146. The fourth-order valence-corrected chi connectivity index (χ4v) is 6.72. The zero-order valence-corrected chi connectivity index (χ0v) is 29.4. The predicted octanol–water partition coefficient (Wildman–Crippen LogP) is 9.16. The van der Waals surface area contributed by atoms with Crippen LogP contribution in [0.3, 0.4) is 0 Å². The Bertz CT molecular complexity index is 2690. The summed E-state index contributed by atoms with van der Waals surface area (Å²) >= 11 is 0. The lowest BCUT2D eigenvalue weighted by Crippen LogP contribution is -2.15. The van der Waals surface area contributed by atoms with E-state index in [-0.39, 0.29) is 37.4 Å². The van der Waals surface area contributed by atoms with Crippen molar-refractivity contribution in [3.8, 4) is 33.9 Å². The number of hydrogen-bond donors (Lipinski definition) is 0. The van der Waals surface area contributed by atoms with Gasteiger partial charge in [-0.25, -0.2) is 9.59 Å². The highest BCUT2D eigenvalue weighted by molar-refractivity contribution is 6.16. The van der Waals surface area contributed by atoms with E-state index < -0.39 is 11.9 Å². The van der Waals surface area contributed by atoms with Crippen molar-refractivity contribution in [1.82, 2.24) is 0 Å². The van der Waals surface area contributed by atoms with Crippen LogP contribution in [0.4, 0.5) is 0 Å². The van der Waals surface area contributed by atoms with Crippen LogP contribution in [0.2, 0.25) is 0 Å². The van der Waals surface area contributed by atoms with E-state index in [9.17, 15) is 19.2 Å². The van der Waals surface area contributed by atoms with E-state index in [0.717, 1.165) is 27.8 Å². The second kappa shape index (κ2) is 15.4. The van der Waals surface area contributed by atoms with Crippen molar-refractivity contribution >= 4 is 50.7 Å². The lowest BCUT2D eigenvalue weighted by atomic mass is 9.91. The van der Waals surface area contributed by atoms with Crippen LogP contribution in [0.25, 0.3) is 55.0 Å². The maximum atomic E-state index is 13.7. The Kier molecular flexibility index (Phi) is 9.73. The predicted molar refractivity (Wildman–Crippen MR) is 209 cm³/mol. The van der Waals surface area contributed by atoms with Gasteiger partial charge in [-0.15, -0.1) is 0 Å². The second-order valence-corrected chi connectivity index (χ2v) is 12.7. The number of ether oxygens (including phenoxy) is 4. The van der Waals surface area contributed by atoms with Crippen LogP contribution in [-0.2, 0) is 9.47 Å². The number of benzene rings is 7. The Balaban J connectivity index is 1.01. The first-order valence-corrected chi connectivity index (χ1v) is 17.6. The molecule has 1 heterocycles. The number of esters is 2. The SMILES string of the molecule is O=Cc1ccc(OCCOc2ccc3c(-c4ccccc4C(=O)OCCOC(=O)c4c5ccccc5cc5ccccc45)c4ccc(=O)cc-4oc3c2)cc1. The van der Waals surface area contributed by atoms with E-state index >= 15 is 0 Å². The highest BCUT2D eigenvalue weighted by Gasteiger charge is 2.23. The molecule has 0 bridgehead atoms. The summed E-state index contributed by atoms with van der Waals surface area (Å²) in [6.45, 7) is 0.176. The summed E-state index contributed by atoms with van der Waals surface area (Å²) in [6.07, 6.45) is 0.769. The summed E-state index contributed by atoms with van der Waals surface area (Å²) in [5.41, 5.74) is 3.38. The number of aldehydes is 1. The highest BCUT2D eigenvalue weighted by Crippen LogP contribution is 2.42. The molecule has 0 aromatic heterocycles. The molecule has 0 atom stereocenters. The topological polar surface area (TPSA) is 118 Å². The van der Waals surface area contributed by atoms with Gasteiger partial charge < -0.3 is 23.4 Å². The third-order valence-corrected chi connectivity index (χ3v) is 9.24. The molecule has 2 aliphatic rings. The van der Waals surface area contributed by atoms with Gasteiger partial charge in [-0.3, -0.25) is 9.59 Å². The van der Waals surface area contributed by atoms with E-state index in [2.05, 4.69) is 0 Å². The average Bonchev–Trinajstić information content (AvgIpc) is 3.22. The number of hydrogen-bond acceptors (Lipinski definition) is 9. The van der Waals surface area contributed by atoms with E-state index in [1.165, 1.54) is 12.1 Å². The van der Waals surface area contributed by atoms with Gasteiger partial charge in [0, 0.05) is 34.2 Å². The Hall–Kier alpha value is -7.26. The monoisotopic (exact) mass is 728 g/mol. The molecule has 0 radical (unpaired) electrons. The van der Waals surface area contributed by atoms with Crippen LogP contribution in [-0.4, -0.2) is 44.7 Å². The molecule has 9 nitrogen and oxygen atoms in total. The Morgan fingerprint density at radius 2 is 1.20 bits per heavy atom. The minimum atomic E-state index is -0.606. The van der Waals surface area contributed by atoms with Gasteiger partial charge in [-0.05, 0) is 87.8 Å². The normalized spacial score (nSPS) is 11.1. The number of rotatable bonds is 12. The number of carbonyl (C=O) groups is 3. The van der Waals surface area contributed by atoms with E-state index in [0.29, 0.717) is 56.0 Å². The maximum absolute atomic E-state index is 13.7. The molecule has 55 heavy (non-hydrogen) atoms. The van der Waals surface area contributed by atoms with Gasteiger partial charge in [0.05, 0.1) is 11.1 Å². The van der Waals surface area contributed by atoms with Gasteiger partial charge in [-0.2, -0.15) is 0 Å². The van der Waals surface area contributed by atoms with Crippen molar-refractivity contribution in [3.63, 3.8) is 0 Å². The van der Waals surface area contributed by atoms with Gasteiger partial charge in [0.1, 0.15) is 55.6 Å². The summed E-state index contributed by atoms with van der Waals surface area (Å²) in [5.74, 6) is 0.351. The maximum Gasteiger partial charge on any atom is 0.339 e. The van der Waals surface area contributed by atoms with Crippen LogP contribution in [0, 0.1) is 0 Å². The van der Waals surface area contributed by atoms with Crippen molar-refractivity contribution in [1.29, 1.82) is 0 Å². The van der Waals surface area contributed by atoms with Crippen molar-refractivity contribution < 1.29 is 37.7 Å². The van der Waals surface area contributed by atoms with Crippen LogP contribution in [0.5, 0.6) is 11.5 Å². The molecule has 8 rings (SSSR count). The summed E-state index contributed by atoms with van der Waals surface area (Å²) in [6, 6.07) is 41.0. The molecule has 0 N–H and O–H groups in total. The van der Waals surface area contributed by atoms with Crippen LogP contribution in [0.15, 0.2) is 149 Å². The van der Waals surface area contributed by atoms with Crippen LogP contribution < -0.4 is 14.9 Å². The third-order valence-electron chi connectivity index (χ3n) is 9.24. The fraction of sp³-hybridized carbons (Fsp3) is 0.0870. The lowest BCUT2D eigenvalue weighted by molar-refractivity contribution is 0.0268. The smallest absolute Gasteiger partial charge is 0.339 e. The van der Waals surface area contributed by atoms with Crippen LogP contribution in [0.1, 0.15) is 31.1 Å². The Morgan fingerprint density at radius 3 is 1.93 bits per heavy atom. The molecule has 0 spiro atoms. The second-order valence-electron chi connectivity index (χ2n) is 12.7. The fourth-order valence-electron chi connectivity index (χ4n) is 6.72. The number of fused-ring (bicyclic) bond motifs is 4. The lowest BCUT2D eigenvalue weighted by Gasteiger charge is -2.18. The first kappa shape index (κ1) is 34.8. The first-order valence-electron chi connectivity index (χ1n) is 17.6. The minimum Gasteiger partial charge on any atom is -0.490 e. The molecule has 6 aromatic rings. The van der Waals surface area contributed by atoms with Crippen molar-refractivity contribution in [2.45, 2.75) is 0 Å². The van der Waals surface area contributed by atoms with Gasteiger partial charge in [-0.1, -0.05) is 66.7 Å².